The number of hydrogen-bond donors (Lipinski definition) is 1. The van der Waals surface area contributed by atoms with Crippen LogP contribution in [0.3, 0.4) is 0 Å². The molecule has 0 spiro atoms. The predicted molar refractivity (Wildman–Crippen MR) is 44.5 cm³/mol. The third-order valence-electron chi connectivity index (χ3n) is 3.33. The maximum atomic E-state index is 10.7. The van der Waals surface area contributed by atoms with Crippen LogP contribution in [0.5, 0.6) is 0 Å². The average Bonchev–Trinajstić information content (AvgIpc) is 2.61. The lowest BCUT2D eigenvalue weighted by atomic mass is 10.0. The highest BCUT2D eigenvalue weighted by atomic mass is 16.3. The Hall–Kier alpha value is -0.570. The fourth-order valence-corrected chi connectivity index (χ4v) is 2.76. The summed E-state index contributed by atoms with van der Waals surface area (Å²) in [6.45, 7) is 0.131. The van der Waals surface area contributed by atoms with Gasteiger partial charge in [-0.1, -0.05) is 6.42 Å². The van der Waals surface area contributed by atoms with E-state index in [1.165, 1.54) is 12.8 Å². The second kappa shape index (κ2) is 3.05. The molecule has 12 heavy (non-hydrogen) atoms. The van der Waals surface area contributed by atoms with Crippen molar-refractivity contribution in [3.05, 3.63) is 0 Å². The predicted octanol–water partition coefficient (Wildman–Crippen LogP) is 0.378. The maximum absolute atomic E-state index is 10.7. The molecular formula is C9H15NO2. The van der Waals surface area contributed by atoms with E-state index in [4.69, 9.17) is 5.11 Å². The Labute approximate surface area is 72.4 Å². The average molecular weight is 169 g/mol. The van der Waals surface area contributed by atoms with E-state index in [1.54, 1.807) is 0 Å². The highest BCUT2D eigenvalue weighted by Gasteiger charge is 2.42. The van der Waals surface area contributed by atoms with E-state index in [1.807, 2.05) is 4.90 Å². The molecule has 0 bridgehead atoms. The molecule has 2 rings (SSSR count). The molecule has 1 saturated heterocycles. The minimum atomic E-state index is 0.109. The molecule has 1 heterocycles. The first kappa shape index (κ1) is 8.05. The van der Waals surface area contributed by atoms with Crippen LogP contribution in [0.25, 0.3) is 0 Å². The monoisotopic (exact) mass is 169 g/mol. The molecule has 3 heteroatoms. The number of nitrogens with zero attached hydrogens (tertiary/aromatic N) is 1. The van der Waals surface area contributed by atoms with Crippen LogP contribution in [0.1, 0.15) is 25.7 Å². The SMILES string of the molecule is O=CN1[C@H](CO)C[C@@H]2CCC[C@@H]21. The van der Waals surface area contributed by atoms with Crippen molar-refractivity contribution in [1.29, 1.82) is 0 Å². The first-order valence-electron chi connectivity index (χ1n) is 4.70. The Kier molecular flexibility index (Phi) is 2.05. The van der Waals surface area contributed by atoms with Gasteiger partial charge in [-0.25, -0.2) is 0 Å². The molecule has 0 aromatic rings. The van der Waals surface area contributed by atoms with E-state index in [0.29, 0.717) is 12.0 Å². The van der Waals surface area contributed by atoms with Crippen molar-refractivity contribution in [2.75, 3.05) is 6.61 Å². The summed E-state index contributed by atoms with van der Waals surface area (Å²) in [5, 5.41) is 9.02. The van der Waals surface area contributed by atoms with Crippen LogP contribution in [0, 0.1) is 5.92 Å². The van der Waals surface area contributed by atoms with E-state index in [0.717, 1.165) is 19.3 Å². The van der Waals surface area contributed by atoms with Gasteiger partial charge < -0.3 is 10.0 Å². The van der Waals surface area contributed by atoms with Gasteiger partial charge in [-0.3, -0.25) is 4.79 Å². The quantitative estimate of drug-likeness (QED) is 0.607. The number of likely N-dealkylation sites (tertiary alicyclic amines) is 1. The summed E-state index contributed by atoms with van der Waals surface area (Å²) in [6, 6.07) is 0.553. The maximum Gasteiger partial charge on any atom is 0.210 e. The Balaban J connectivity index is 2.10. The molecule has 1 aliphatic carbocycles. The van der Waals surface area contributed by atoms with Gasteiger partial charge in [0.25, 0.3) is 0 Å². The minimum Gasteiger partial charge on any atom is -0.394 e. The molecular weight excluding hydrogens is 154 g/mol. The highest BCUT2D eigenvalue weighted by Crippen LogP contribution is 2.39. The summed E-state index contributed by atoms with van der Waals surface area (Å²) in [6.07, 6.45) is 5.56. The van der Waals surface area contributed by atoms with Gasteiger partial charge in [0, 0.05) is 6.04 Å². The summed E-state index contributed by atoms with van der Waals surface area (Å²) >= 11 is 0. The van der Waals surface area contributed by atoms with Crippen molar-refractivity contribution in [1.82, 2.24) is 4.90 Å². The van der Waals surface area contributed by atoms with Crippen molar-refractivity contribution in [2.45, 2.75) is 37.8 Å². The first-order valence-corrected chi connectivity index (χ1v) is 4.70. The topological polar surface area (TPSA) is 40.5 Å². The van der Waals surface area contributed by atoms with Gasteiger partial charge in [0.1, 0.15) is 0 Å². The summed E-state index contributed by atoms with van der Waals surface area (Å²) < 4.78 is 0. The second-order valence-corrected chi connectivity index (χ2v) is 3.88. The second-order valence-electron chi connectivity index (χ2n) is 3.88. The number of carbonyl (C=O) groups is 1. The van der Waals surface area contributed by atoms with Gasteiger partial charge in [-0.2, -0.15) is 0 Å². The molecule has 0 radical (unpaired) electrons. The summed E-state index contributed by atoms with van der Waals surface area (Å²) in [5.41, 5.74) is 0. The van der Waals surface area contributed by atoms with Crippen LogP contribution in [0.2, 0.25) is 0 Å². The van der Waals surface area contributed by atoms with Crippen molar-refractivity contribution in [3.8, 4) is 0 Å². The lowest BCUT2D eigenvalue weighted by molar-refractivity contribution is -0.121. The molecule has 2 aliphatic rings. The largest absolute Gasteiger partial charge is 0.394 e. The van der Waals surface area contributed by atoms with Crippen LogP contribution >= 0.6 is 0 Å². The van der Waals surface area contributed by atoms with Gasteiger partial charge >= 0.3 is 0 Å². The highest BCUT2D eigenvalue weighted by molar-refractivity contribution is 5.49. The molecule has 0 aromatic heterocycles. The van der Waals surface area contributed by atoms with Crippen molar-refractivity contribution < 1.29 is 9.90 Å². The Morgan fingerprint density at radius 1 is 1.50 bits per heavy atom. The van der Waals surface area contributed by atoms with Crippen molar-refractivity contribution >= 4 is 6.41 Å². The van der Waals surface area contributed by atoms with Crippen LogP contribution in [-0.2, 0) is 4.79 Å². The Bertz CT molecular complexity index is 183. The molecule has 68 valence electrons. The minimum absolute atomic E-state index is 0.109. The number of rotatable bonds is 2. The van der Waals surface area contributed by atoms with E-state index in [9.17, 15) is 4.79 Å². The molecule has 0 unspecified atom stereocenters. The molecule has 1 N–H and O–H groups in total. The zero-order valence-electron chi connectivity index (χ0n) is 7.15. The van der Waals surface area contributed by atoms with Gasteiger partial charge in [0.15, 0.2) is 0 Å². The lowest BCUT2D eigenvalue weighted by Gasteiger charge is -2.23. The number of aliphatic hydroxyl groups excluding tert-OH is 1. The molecule has 0 aromatic carbocycles. The standard InChI is InChI=1S/C9H15NO2/c11-5-8-4-7-2-1-3-9(7)10(8)6-12/h6-9,11H,1-5H2/t7-,8-,9-/m0/s1. The van der Waals surface area contributed by atoms with Crippen LogP contribution < -0.4 is 0 Å². The van der Waals surface area contributed by atoms with E-state index < -0.39 is 0 Å². The van der Waals surface area contributed by atoms with Crippen LogP contribution in [0.15, 0.2) is 0 Å². The van der Waals surface area contributed by atoms with Gasteiger partial charge in [0.2, 0.25) is 6.41 Å². The van der Waals surface area contributed by atoms with Gasteiger partial charge in [0.05, 0.1) is 12.6 Å². The lowest BCUT2D eigenvalue weighted by Crippen LogP contribution is -2.36. The number of hydrogen-bond acceptors (Lipinski definition) is 2. The fraction of sp³-hybridized carbons (Fsp3) is 0.889. The number of amides is 1. The fourth-order valence-electron chi connectivity index (χ4n) is 2.76. The molecule has 3 atom stereocenters. The number of carbonyl (C=O) groups excluding carboxylic acids is 1. The van der Waals surface area contributed by atoms with Crippen molar-refractivity contribution in [2.24, 2.45) is 5.92 Å². The normalized spacial score (nSPS) is 40.1. The zero-order valence-corrected chi connectivity index (χ0v) is 7.15. The van der Waals surface area contributed by atoms with Gasteiger partial charge in [-0.15, -0.1) is 0 Å². The van der Waals surface area contributed by atoms with Crippen molar-refractivity contribution in [3.63, 3.8) is 0 Å². The summed E-state index contributed by atoms with van der Waals surface area (Å²) in [5.74, 6) is 0.673. The smallest absolute Gasteiger partial charge is 0.210 e. The number of aliphatic hydroxyl groups is 1. The summed E-state index contributed by atoms with van der Waals surface area (Å²) in [4.78, 5) is 12.6. The molecule has 1 amide bonds. The van der Waals surface area contributed by atoms with Gasteiger partial charge in [-0.05, 0) is 25.2 Å². The van der Waals surface area contributed by atoms with Crippen LogP contribution in [-0.4, -0.2) is 35.1 Å². The summed E-state index contributed by atoms with van der Waals surface area (Å²) in [7, 11) is 0. The van der Waals surface area contributed by atoms with Crippen LogP contribution in [0.4, 0.5) is 0 Å². The first-order chi connectivity index (χ1) is 5.86. The van der Waals surface area contributed by atoms with E-state index in [-0.39, 0.29) is 12.6 Å². The molecule has 1 saturated carbocycles. The molecule has 3 nitrogen and oxygen atoms in total. The third-order valence-corrected chi connectivity index (χ3v) is 3.33. The molecule has 1 aliphatic heterocycles. The third kappa shape index (κ3) is 1.04. The number of fused-ring (bicyclic) bond motifs is 1. The zero-order chi connectivity index (χ0) is 8.55. The van der Waals surface area contributed by atoms with E-state index >= 15 is 0 Å². The Morgan fingerprint density at radius 3 is 3.00 bits per heavy atom. The Morgan fingerprint density at radius 2 is 2.33 bits per heavy atom. The van der Waals surface area contributed by atoms with E-state index in [2.05, 4.69) is 0 Å². The molecule has 2 fully saturated rings.